The molecule has 2 fully saturated rings. The van der Waals surface area contributed by atoms with Crippen molar-refractivity contribution >= 4 is 94.4 Å². The smallest absolute Gasteiger partial charge is 0.412 e. The van der Waals surface area contributed by atoms with Crippen molar-refractivity contribution in [1.82, 2.24) is 25.3 Å². The molecule has 8 amide bonds. The van der Waals surface area contributed by atoms with Crippen molar-refractivity contribution in [3.05, 3.63) is 82.4 Å². The van der Waals surface area contributed by atoms with Crippen LogP contribution in [0.1, 0.15) is 96.6 Å². The highest BCUT2D eigenvalue weighted by Gasteiger charge is 2.64. The zero-order chi connectivity index (χ0) is 66.7. The molecule has 1 unspecified atom stereocenters. The van der Waals surface area contributed by atoms with Gasteiger partial charge in [-0.05, 0) is 101 Å². The van der Waals surface area contributed by atoms with Gasteiger partial charge in [-0.3, -0.25) is 29.8 Å². The summed E-state index contributed by atoms with van der Waals surface area (Å²) in [5.41, 5.74) is -0.429. The maximum atomic E-state index is 14.4. The van der Waals surface area contributed by atoms with Crippen LogP contribution in [0.5, 0.6) is 5.75 Å². The zero-order valence-corrected chi connectivity index (χ0v) is 55.2. The lowest BCUT2D eigenvalue weighted by Gasteiger charge is -2.42. The van der Waals surface area contributed by atoms with Crippen molar-refractivity contribution in [2.75, 3.05) is 96.2 Å². The molecule has 28 heteroatoms. The number of hydrogen-bond acceptors (Lipinski definition) is 19. The van der Waals surface area contributed by atoms with Gasteiger partial charge in [0.2, 0.25) is 23.6 Å². The first-order valence-corrected chi connectivity index (χ1v) is 31.9. The third-order valence-corrected chi connectivity index (χ3v) is 17.3. The average molecular weight is 1310 g/mol. The number of anilines is 3. The molecule has 26 nitrogen and oxygen atoms in total. The minimum atomic E-state index is -1.91. The second-order valence-corrected chi connectivity index (χ2v) is 24.5. The van der Waals surface area contributed by atoms with Gasteiger partial charge < -0.3 is 73.2 Å². The molecule has 2 aromatic carbocycles. The number of hydrogen-bond donors (Lipinski definition) is 5. The molecule has 91 heavy (non-hydrogen) atoms. The highest BCUT2D eigenvalue weighted by atomic mass is 35.5. The monoisotopic (exact) mass is 1310 g/mol. The Morgan fingerprint density at radius 2 is 1.66 bits per heavy atom. The van der Waals surface area contributed by atoms with Crippen LogP contribution in [-0.4, -0.2) is 202 Å². The number of carbonyl (C=O) groups is 9. The van der Waals surface area contributed by atoms with E-state index in [0.29, 0.717) is 29.8 Å². The molecule has 0 saturated carbocycles. The Bertz CT molecular complexity index is 3060. The van der Waals surface area contributed by atoms with Gasteiger partial charge in [0.1, 0.15) is 60.0 Å². The summed E-state index contributed by atoms with van der Waals surface area (Å²) in [6, 6.07) is 6.95. The van der Waals surface area contributed by atoms with Crippen molar-refractivity contribution in [3.63, 3.8) is 0 Å². The summed E-state index contributed by atoms with van der Waals surface area (Å²) in [5, 5.41) is 22.7. The number of thioether (sulfide) groups is 1. The molecule has 4 bridgehead atoms. The third kappa shape index (κ3) is 20.5. The summed E-state index contributed by atoms with van der Waals surface area (Å²) >= 11 is 8.18. The fourth-order valence-corrected chi connectivity index (χ4v) is 11.3. The number of methoxy groups -OCH3 is 2. The van der Waals surface area contributed by atoms with Crippen LogP contribution in [0.2, 0.25) is 5.02 Å². The SMILES string of the molecule is COc1cc2cc(c1Cl)N(C)C(=O)C[C@H](OC(=O)[C@H](C)N(C)C(=O)CCOC(=O)N(C)CCN(C)C(=O)OCc1ccc(NC(=O)OC3/C=C/CCCCC3)c(NC(=O)CCNC(=O)CSC)c1)[C@]1(C)O[C@H]1[C@H](C)[C@@H]1C[C@@](O)(NC(=O)O1)[C@H](OC)/C=C/C=C(\C)C2. The molecular weight excluding hydrogens is 1220 g/mol. The van der Waals surface area contributed by atoms with Gasteiger partial charge in [0, 0.05) is 73.7 Å². The average Bonchev–Trinajstić information content (AvgIpc) is 1.60. The molecule has 3 heterocycles. The Hall–Kier alpha value is -7.59. The van der Waals surface area contributed by atoms with E-state index >= 15 is 0 Å². The van der Waals surface area contributed by atoms with E-state index in [-0.39, 0.29) is 80.2 Å². The van der Waals surface area contributed by atoms with E-state index in [2.05, 4.69) is 21.3 Å². The Morgan fingerprint density at radius 1 is 0.934 bits per heavy atom. The Labute approximate surface area is 540 Å². The molecule has 3 aliphatic heterocycles. The maximum absolute atomic E-state index is 14.4. The summed E-state index contributed by atoms with van der Waals surface area (Å²) in [7, 11) is 8.65. The Balaban J connectivity index is 1.03. The van der Waals surface area contributed by atoms with Gasteiger partial charge in [-0.1, -0.05) is 60.9 Å². The van der Waals surface area contributed by atoms with Crippen LogP contribution in [-0.2, 0) is 70.2 Å². The fourth-order valence-electron chi connectivity index (χ4n) is 10.6. The van der Waals surface area contributed by atoms with E-state index in [1.807, 2.05) is 25.2 Å². The van der Waals surface area contributed by atoms with E-state index in [9.17, 15) is 48.3 Å². The Morgan fingerprint density at radius 3 is 2.36 bits per heavy atom. The largest absolute Gasteiger partial charge is 0.495 e. The van der Waals surface area contributed by atoms with Gasteiger partial charge in [-0.15, -0.1) is 0 Å². The number of epoxide rings is 1. The predicted octanol–water partition coefficient (Wildman–Crippen LogP) is 7.49. The van der Waals surface area contributed by atoms with E-state index in [4.69, 9.17) is 49.5 Å². The molecular formula is C63H87ClN8O18S. The van der Waals surface area contributed by atoms with E-state index in [1.165, 1.54) is 87.9 Å². The van der Waals surface area contributed by atoms with E-state index < -0.39 is 108 Å². The first-order chi connectivity index (χ1) is 43.2. The highest BCUT2D eigenvalue weighted by molar-refractivity contribution is 7.99. The van der Waals surface area contributed by atoms with E-state index in [0.717, 1.165) is 41.7 Å². The minimum absolute atomic E-state index is 0.00298. The maximum Gasteiger partial charge on any atom is 0.412 e. The van der Waals surface area contributed by atoms with Crippen LogP contribution in [0, 0.1) is 5.92 Å². The molecule has 5 N–H and O–H groups in total. The number of esters is 1. The van der Waals surface area contributed by atoms with Crippen molar-refractivity contribution in [3.8, 4) is 5.75 Å². The number of rotatable bonds is 21. The van der Waals surface area contributed by atoms with Crippen molar-refractivity contribution in [2.24, 2.45) is 5.92 Å². The predicted molar refractivity (Wildman–Crippen MR) is 340 cm³/mol. The van der Waals surface area contributed by atoms with Gasteiger partial charge in [0.25, 0.3) is 0 Å². The van der Waals surface area contributed by atoms with Crippen LogP contribution in [0.3, 0.4) is 0 Å². The minimum Gasteiger partial charge on any atom is -0.495 e. The number of nitrogens with one attached hydrogen (secondary N) is 4. The number of ether oxygens (including phenoxy) is 8. The Kier molecular flexibility index (Phi) is 26.8. The summed E-state index contributed by atoms with van der Waals surface area (Å²) in [5.74, 6) is -2.75. The fraction of sp³-hybridized carbons (Fsp3) is 0.571. The quantitative estimate of drug-likeness (QED) is 0.0350. The van der Waals surface area contributed by atoms with Crippen LogP contribution < -0.4 is 30.9 Å². The highest BCUT2D eigenvalue weighted by Crippen LogP contribution is 2.49. The number of alkyl carbamates (subject to hydrolysis) is 1. The number of aliphatic hydroxyl groups is 1. The van der Waals surface area contributed by atoms with Crippen LogP contribution in [0.25, 0.3) is 0 Å². The van der Waals surface area contributed by atoms with Crippen molar-refractivity contribution in [1.29, 1.82) is 0 Å². The molecule has 500 valence electrons. The number of nitrogens with zero attached hydrogens (tertiary/aromatic N) is 4. The van der Waals surface area contributed by atoms with Gasteiger partial charge in [-0.25, -0.2) is 24.0 Å². The molecule has 4 aliphatic rings. The van der Waals surface area contributed by atoms with E-state index in [1.54, 1.807) is 50.5 Å². The normalized spacial score (nSPS) is 24.8. The summed E-state index contributed by atoms with van der Waals surface area (Å²) in [6.45, 7) is 6.18. The number of amides is 8. The molecule has 2 saturated heterocycles. The molecule has 1 aliphatic carbocycles. The topological polar surface area (TPSA) is 312 Å². The number of fused-ring (bicyclic) bond motifs is 5. The first kappa shape index (κ1) is 72.5. The summed E-state index contributed by atoms with van der Waals surface area (Å²) in [4.78, 5) is 124. The molecule has 9 atom stereocenters. The molecule has 0 spiro atoms. The molecule has 0 radical (unpaired) electrons. The van der Waals surface area contributed by atoms with Gasteiger partial charge in [0.15, 0.2) is 5.72 Å². The second kappa shape index (κ2) is 33.6. The summed E-state index contributed by atoms with van der Waals surface area (Å²) in [6.07, 6.45) is 7.21. The number of carbonyl (C=O) groups excluding carboxylic acids is 9. The third-order valence-electron chi connectivity index (χ3n) is 16.3. The van der Waals surface area contributed by atoms with Crippen molar-refractivity contribution < 1.29 is 86.2 Å². The van der Waals surface area contributed by atoms with Crippen LogP contribution in [0.4, 0.5) is 36.2 Å². The van der Waals surface area contributed by atoms with Gasteiger partial charge >= 0.3 is 30.3 Å². The lowest BCUT2D eigenvalue weighted by Crippen LogP contribution is -2.63. The molecule has 0 aromatic heterocycles. The second-order valence-electron chi connectivity index (χ2n) is 23.3. The lowest BCUT2D eigenvalue weighted by molar-refractivity contribution is -0.162. The zero-order valence-electron chi connectivity index (χ0n) is 53.6. The number of benzene rings is 2. The van der Waals surface area contributed by atoms with Gasteiger partial charge in [0.05, 0.1) is 48.9 Å². The first-order valence-electron chi connectivity index (χ1n) is 30.1. The van der Waals surface area contributed by atoms with Crippen molar-refractivity contribution in [2.45, 2.75) is 146 Å². The standard InChI is InChI=1S/C63H87ClN8O18S/c1-38-18-17-21-49(84-10)63(82)35-48(88-59(79)68-63)39(2)56-62(4,90-56)50(34-54(76)72(8)46-32-42(30-38)33-47(83-9)55(46)64)89-57(77)40(3)71(7)53(75)25-29-85-60(80)69(5)27-28-70(6)61(81)86-36-41-22-23-44(67-58(78)87-43-19-15-13-12-14-16-20-43)45(31-41)66-51(73)24-26-65-52(74)37-91-11/h15,17-19,21-23,31-33,39-40,43,48-50,56,82H,12-14,16,20,24-30,34-37H2,1-11H3,(H,65,74)(H,66,73)(H,67,78)(H,68,79)/b19-15+,21-17+,38-18+/t39-,40+,43?,48+,49-,50+,56+,62+,63+/m1/s1. The number of likely N-dealkylation sites (N-methyl/N-ethyl adjacent to an activating group) is 3. The van der Waals surface area contributed by atoms with Crippen LogP contribution >= 0.6 is 23.4 Å². The number of halogens is 1. The molecule has 6 rings (SSSR count). The van der Waals surface area contributed by atoms with Crippen LogP contribution in [0.15, 0.2) is 66.3 Å². The molecule has 2 aromatic rings. The lowest BCUT2D eigenvalue weighted by atomic mass is 9.83. The number of allylic oxidation sites excluding steroid dienone is 4. The summed E-state index contributed by atoms with van der Waals surface area (Å²) < 4.78 is 46.0. The van der Waals surface area contributed by atoms with Gasteiger partial charge in [-0.2, -0.15) is 11.8 Å².